The van der Waals surface area contributed by atoms with Crippen LogP contribution in [0.2, 0.25) is 0 Å². The SMILES string of the molecule is Cc1ccc(C(C)(C)c2ccc(C)c(CO)c2)cc1CO. The summed E-state index contributed by atoms with van der Waals surface area (Å²) in [6, 6.07) is 12.5. The van der Waals surface area contributed by atoms with Gasteiger partial charge in [0.1, 0.15) is 0 Å². The lowest BCUT2D eigenvalue weighted by molar-refractivity contribution is 0.280. The molecule has 2 nitrogen and oxygen atoms in total. The summed E-state index contributed by atoms with van der Waals surface area (Å²) < 4.78 is 0. The van der Waals surface area contributed by atoms with E-state index in [-0.39, 0.29) is 18.6 Å². The van der Waals surface area contributed by atoms with E-state index in [4.69, 9.17) is 0 Å². The Labute approximate surface area is 127 Å². The van der Waals surface area contributed by atoms with E-state index in [1.165, 1.54) is 11.1 Å². The second-order valence-corrected chi connectivity index (χ2v) is 6.22. The van der Waals surface area contributed by atoms with E-state index >= 15 is 0 Å². The van der Waals surface area contributed by atoms with Crippen LogP contribution in [0.1, 0.15) is 47.2 Å². The fraction of sp³-hybridized carbons (Fsp3) is 0.368. The van der Waals surface area contributed by atoms with Crippen molar-refractivity contribution in [3.05, 3.63) is 69.8 Å². The molecule has 21 heavy (non-hydrogen) atoms. The van der Waals surface area contributed by atoms with Gasteiger partial charge in [0, 0.05) is 5.41 Å². The van der Waals surface area contributed by atoms with Gasteiger partial charge in [-0.1, -0.05) is 50.2 Å². The molecule has 0 fully saturated rings. The Hall–Kier alpha value is -1.64. The van der Waals surface area contributed by atoms with Crippen LogP contribution in [0.3, 0.4) is 0 Å². The molecule has 2 rings (SSSR count). The maximum atomic E-state index is 9.46. The van der Waals surface area contributed by atoms with Crippen molar-refractivity contribution >= 4 is 0 Å². The lowest BCUT2D eigenvalue weighted by Gasteiger charge is -2.28. The molecule has 0 radical (unpaired) electrons. The fourth-order valence-corrected chi connectivity index (χ4v) is 2.63. The second-order valence-electron chi connectivity index (χ2n) is 6.22. The number of rotatable bonds is 4. The number of hydrogen-bond acceptors (Lipinski definition) is 2. The third kappa shape index (κ3) is 3.02. The largest absolute Gasteiger partial charge is 0.392 e. The van der Waals surface area contributed by atoms with E-state index in [2.05, 4.69) is 50.2 Å². The van der Waals surface area contributed by atoms with E-state index in [9.17, 15) is 10.2 Å². The molecule has 0 aliphatic rings. The van der Waals surface area contributed by atoms with Crippen molar-refractivity contribution in [2.24, 2.45) is 0 Å². The van der Waals surface area contributed by atoms with Gasteiger partial charge in [-0.05, 0) is 47.2 Å². The molecule has 2 N–H and O–H groups in total. The van der Waals surface area contributed by atoms with Crippen molar-refractivity contribution in [1.29, 1.82) is 0 Å². The molecule has 0 heterocycles. The lowest BCUT2D eigenvalue weighted by Crippen LogP contribution is -2.20. The zero-order valence-corrected chi connectivity index (χ0v) is 13.3. The van der Waals surface area contributed by atoms with Crippen LogP contribution in [-0.2, 0) is 18.6 Å². The van der Waals surface area contributed by atoms with Crippen LogP contribution in [0.4, 0.5) is 0 Å². The Morgan fingerprint density at radius 2 is 1.14 bits per heavy atom. The predicted molar refractivity (Wildman–Crippen MR) is 86.3 cm³/mol. The van der Waals surface area contributed by atoms with Crippen molar-refractivity contribution in [3.8, 4) is 0 Å². The summed E-state index contributed by atoms with van der Waals surface area (Å²) in [6.07, 6.45) is 0. The number of benzene rings is 2. The van der Waals surface area contributed by atoms with Crippen LogP contribution in [0.5, 0.6) is 0 Å². The van der Waals surface area contributed by atoms with Crippen molar-refractivity contribution < 1.29 is 10.2 Å². The molecule has 0 amide bonds. The first kappa shape index (κ1) is 15.7. The third-order valence-electron chi connectivity index (χ3n) is 4.48. The molecule has 0 saturated carbocycles. The number of aliphatic hydroxyl groups excluding tert-OH is 2. The molecule has 112 valence electrons. The minimum Gasteiger partial charge on any atom is -0.392 e. The smallest absolute Gasteiger partial charge is 0.0684 e. The summed E-state index contributed by atoms with van der Waals surface area (Å²) in [4.78, 5) is 0. The normalized spacial score (nSPS) is 11.7. The van der Waals surface area contributed by atoms with Crippen molar-refractivity contribution in [2.45, 2.75) is 46.3 Å². The molecule has 2 aromatic rings. The first-order valence-corrected chi connectivity index (χ1v) is 7.32. The second kappa shape index (κ2) is 6.00. The molecule has 0 spiro atoms. The Kier molecular flexibility index (Phi) is 4.50. The molecule has 0 atom stereocenters. The van der Waals surface area contributed by atoms with Crippen LogP contribution >= 0.6 is 0 Å². The molecule has 2 heteroatoms. The fourth-order valence-electron chi connectivity index (χ4n) is 2.63. The van der Waals surface area contributed by atoms with Gasteiger partial charge < -0.3 is 10.2 Å². The molecule has 0 saturated heterocycles. The summed E-state index contributed by atoms with van der Waals surface area (Å²) in [5.41, 5.74) is 6.32. The first-order chi connectivity index (χ1) is 9.90. The first-order valence-electron chi connectivity index (χ1n) is 7.32. The quantitative estimate of drug-likeness (QED) is 0.900. The minimum atomic E-state index is -0.171. The Morgan fingerprint density at radius 1 is 0.762 bits per heavy atom. The highest BCUT2D eigenvalue weighted by Gasteiger charge is 2.24. The number of aliphatic hydroxyl groups is 2. The Balaban J connectivity index is 2.50. The van der Waals surface area contributed by atoms with Gasteiger partial charge in [0.25, 0.3) is 0 Å². The highest BCUT2D eigenvalue weighted by molar-refractivity contribution is 5.44. The van der Waals surface area contributed by atoms with Crippen molar-refractivity contribution in [2.75, 3.05) is 0 Å². The van der Waals surface area contributed by atoms with Gasteiger partial charge in [-0.15, -0.1) is 0 Å². The summed E-state index contributed by atoms with van der Waals surface area (Å²) >= 11 is 0. The molecule has 0 aromatic heterocycles. The van der Waals surface area contributed by atoms with Gasteiger partial charge in [0.2, 0.25) is 0 Å². The van der Waals surface area contributed by atoms with Gasteiger partial charge in [-0.3, -0.25) is 0 Å². The van der Waals surface area contributed by atoms with Crippen molar-refractivity contribution in [3.63, 3.8) is 0 Å². The molecule has 0 bridgehead atoms. The topological polar surface area (TPSA) is 40.5 Å². The summed E-state index contributed by atoms with van der Waals surface area (Å²) in [5.74, 6) is 0. The molecule has 0 unspecified atom stereocenters. The van der Waals surface area contributed by atoms with E-state index < -0.39 is 0 Å². The monoisotopic (exact) mass is 284 g/mol. The molecule has 2 aromatic carbocycles. The zero-order valence-electron chi connectivity index (χ0n) is 13.3. The molecular weight excluding hydrogens is 260 g/mol. The minimum absolute atomic E-state index is 0.0611. The summed E-state index contributed by atoms with van der Waals surface area (Å²) in [5, 5.41) is 18.9. The summed E-state index contributed by atoms with van der Waals surface area (Å²) in [6.45, 7) is 8.49. The Bertz CT molecular complexity index is 587. The maximum Gasteiger partial charge on any atom is 0.0684 e. The highest BCUT2D eigenvalue weighted by atomic mass is 16.3. The van der Waals surface area contributed by atoms with E-state index in [0.29, 0.717) is 0 Å². The average molecular weight is 284 g/mol. The van der Waals surface area contributed by atoms with Crippen LogP contribution < -0.4 is 0 Å². The highest BCUT2D eigenvalue weighted by Crippen LogP contribution is 2.33. The van der Waals surface area contributed by atoms with Crippen molar-refractivity contribution in [1.82, 2.24) is 0 Å². The number of aryl methyl sites for hydroxylation is 2. The summed E-state index contributed by atoms with van der Waals surface area (Å²) in [7, 11) is 0. The zero-order chi connectivity index (χ0) is 15.6. The predicted octanol–water partition coefficient (Wildman–Crippen LogP) is 3.61. The molecular formula is C19H24O2. The van der Waals surface area contributed by atoms with Crippen LogP contribution in [0.25, 0.3) is 0 Å². The number of hydrogen-bond donors (Lipinski definition) is 2. The van der Waals surface area contributed by atoms with E-state index in [1.54, 1.807) is 0 Å². The van der Waals surface area contributed by atoms with Gasteiger partial charge >= 0.3 is 0 Å². The molecule has 0 aliphatic heterocycles. The third-order valence-corrected chi connectivity index (χ3v) is 4.48. The molecule has 0 aliphatic carbocycles. The lowest BCUT2D eigenvalue weighted by atomic mass is 9.76. The van der Waals surface area contributed by atoms with Gasteiger partial charge in [-0.2, -0.15) is 0 Å². The van der Waals surface area contributed by atoms with Gasteiger partial charge in [0.15, 0.2) is 0 Å². The van der Waals surface area contributed by atoms with Gasteiger partial charge in [-0.25, -0.2) is 0 Å². The standard InChI is InChI=1S/C19H24O2/c1-13-5-7-17(9-15(13)11-20)19(3,4)18-8-6-14(2)16(10-18)12-21/h5-10,20-21H,11-12H2,1-4H3. The maximum absolute atomic E-state index is 9.46. The van der Waals surface area contributed by atoms with E-state index in [0.717, 1.165) is 22.3 Å². The van der Waals surface area contributed by atoms with Crippen LogP contribution in [-0.4, -0.2) is 10.2 Å². The Morgan fingerprint density at radius 3 is 1.48 bits per heavy atom. The van der Waals surface area contributed by atoms with Gasteiger partial charge in [0.05, 0.1) is 13.2 Å². The van der Waals surface area contributed by atoms with Crippen LogP contribution in [0.15, 0.2) is 36.4 Å². The average Bonchev–Trinajstić information content (AvgIpc) is 2.47. The van der Waals surface area contributed by atoms with Crippen LogP contribution in [0, 0.1) is 13.8 Å². The van der Waals surface area contributed by atoms with E-state index in [1.807, 2.05) is 13.8 Å².